The number of benzene rings is 1. The first-order valence-electron chi connectivity index (χ1n) is 8.33. The van der Waals surface area contributed by atoms with Crippen molar-refractivity contribution < 1.29 is 19.1 Å². The van der Waals surface area contributed by atoms with E-state index in [1.54, 1.807) is 0 Å². The summed E-state index contributed by atoms with van der Waals surface area (Å²) in [4.78, 5) is 35.2. The maximum Gasteiger partial charge on any atom is 0.340 e. The van der Waals surface area contributed by atoms with Crippen LogP contribution in [0.15, 0.2) is 29.8 Å². The highest BCUT2D eigenvalue weighted by atomic mass is 35.5. The molecule has 140 valence electrons. The molecule has 3 amide bonds. The lowest BCUT2D eigenvalue weighted by Crippen LogP contribution is -2.41. The summed E-state index contributed by atoms with van der Waals surface area (Å²) in [6.07, 6.45) is 7.51. The van der Waals surface area contributed by atoms with Crippen molar-refractivity contribution in [3.8, 4) is 0 Å². The van der Waals surface area contributed by atoms with E-state index < -0.39 is 24.5 Å². The molecule has 0 radical (unpaired) electrons. The van der Waals surface area contributed by atoms with Crippen molar-refractivity contribution >= 4 is 41.1 Å². The Labute approximate surface area is 161 Å². The molecule has 0 bridgehead atoms. The van der Waals surface area contributed by atoms with Crippen LogP contribution in [-0.2, 0) is 9.53 Å². The Morgan fingerprint density at radius 1 is 1.15 bits per heavy atom. The number of esters is 1. The van der Waals surface area contributed by atoms with Crippen molar-refractivity contribution in [3.63, 3.8) is 0 Å². The van der Waals surface area contributed by atoms with Gasteiger partial charge in [0.15, 0.2) is 6.61 Å². The molecule has 2 N–H and O–H groups in total. The first kappa shape index (κ1) is 20.3. The van der Waals surface area contributed by atoms with Crippen molar-refractivity contribution in [3.05, 3.63) is 45.5 Å². The van der Waals surface area contributed by atoms with E-state index in [1.807, 2.05) is 0 Å². The number of imide groups is 1. The fraction of sp³-hybridized carbons (Fsp3) is 0.389. The Kier molecular flexibility index (Phi) is 7.94. The molecule has 0 fully saturated rings. The molecule has 0 spiro atoms. The van der Waals surface area contributed by atoms with Gasteiger partial charge in [-0.1, -0.05) is 34.9 Å². The van der Waals surface area contributed by atoms with Crippen molar-refractivity contribution in [1.82, 2.24) is 10.6 Å². The average molecular weight is 399 g/mol. The first-order chi connectivity index (χ1) is 12.5. The first-order valence-corrected chi connectivity index (χ1v) is 9.09. The molecule has 1 aromatic rings. The number of rotatable bonds is 6. The zero-order valence-electron chi connectivity index (χ0n) is 14.1. The predicted octanol–water partition coefficient (Wildman–Crippen LogP) is 3.87. The molecule has 6 nitrogen and oxygen atoms in total. The molecule has 1 aliphatic carbocycles. The highest BCUT2D eigenvalue weighted by molar-refractivity contribution is 6.36. The van der Waals surface area contributed by atoms with Crippen molar-refractivity contribution in [2.75, 3.05) is 13.2 Å². The van der Waals surface area contributed by atoms with Gasteiger partial charge in [0.05, 0.1) is 10.6 Å². The lowest BCUT2D eigenvalue weighted by molar-refractivity contribution is -0.123. The zero-order chi connectivity index (χ0) is 18.9. The fourth-order valence-corrected chi connectivity index (χ4v) is 3.02. The molecule has 0 saturated carbocycles. The predicted molar refractivity (Wildman–Crippen MR) is 99.5 cm³/mol. The van der Waals surface area contributed by atoms with Crippen molar-refractivity contribution in [1.29, 1.82) is 0 Å². The van der Waals surface area contributed by atoms with Crippen LogP contribution in [0.25, 0.3) is 0 Å². The minimum Gasteiger partial charge on any atom is -0.452 e. The number of hydrogen-bond donors (Lipinski definition) is 2. The maximum atomic E-state index is 11.9. The van der Waals surface area contributed by atoms with Gasteiger partial charge in [-0.05, 0) is 50.3 Å². The molecule has 8 heteroatoms. The zero-order valence-corrected chi connectivity index (χ0v) is 15.7. The standard InChI is InChI=1S/C18H20Cl2N2O4/c19-13-6-7-14(15(20)10-13)17(24)26-11-16(23)22-18(25)21-9-8-12-4-2-1-3-5-12/h4,6-7,10H,1-3,5,8-9,11H2,(H2,21,22,23,25). The highest BCUT2D eigenvalue weighted by Crippen LogP contribution is 2.21. The largest absolute Gasteiger partial charge is 0.452 e. The normalized spacial score (nSPS) is 13.5. The van der Waals surface area contributed by atoms with Crippen LogP contribution in [-0.4, -0.2) is 31.1 Å². The average Bonchev–Trinajstić information content (AvgIpc) is 2.60. The Morgan fingerprint density at radius 3 is 2.65 bits per heavy atom. The maximum absolute atomic E-state index is 11.9. The van der Waals surface area contributed by atoms with Crippen LogP contribution in [0.3, 0.4) is 0 Å². The number of ether oxygens (including phenoxy) is 1. The van der Waals surface area contributed by atoms with E-state index in [1.165, 1.54) is 36.6 Å². The fourth-order valence-electron chi connectivity index (χ4n) is 2.54. The van der Waals surface area contributed by atoms with E-state index in [4.69, 9.17) is 27.9 Å². The molecule has 1 aliphatic rings. The minimum atomic E-state index is -0.772. The summed E-state index contributed by atoms with van der Waals surface area (Å²) < 4.78 is 4.84. The minimum absolute atomic E-state index is 0.0917. The van der Waals surface area contributed by atoms with Gasteiger partial charge in [0.1, 0.15) is 0 Å². The van der Waals surface area contributed by atoms with Crippen LogP contribution in [0.1, 0.15) is 42.5 Å². The molecule has 0 heterocycles. The second-order valence-electron chi connectivity index (χ2n) is 5.86. The SMILES string of the molecule is O=C(COC(=O)c1ccc(Cl)cc1Cl)NC(=O)NCCC1=CCCCC1. The van der Waals surface area contributed by atoms with E-state index in [2.05, 4.69) is 16.7 Å². The topological polar surface area (TPSA) is 84.5 Å². The van der Waals surface area contributed by atoms with Gasteiger partial charge in [-0.3, -0.25) is 10.1 Å². The van der Waals surface area contributed by atoms with Crippen LogP contribution in [0.2, 0.25) is 10.0 Å². The second-order valence-corrected chi connectivity index (χ2v) is 6.71. The van der Waals surface area contributed by atoms with Gasteiger partial charge in [-0.15, -0.1) is 0 Å². The van der Waals surface area contributed by atoms with E-state index >= 15 is 0 Å². The number of urea groups is 1. The van der Waals surface area contributed by atoms with Crippen LogP contribution in [0.4, 0.5) is 4.79 Å². The molecule has 0 aliphatic heterocycles. The van der Waals surface area contributed by atoms with Crippen molar-refractivity contribution in [2.45, 2.75) is 32.1 Å². The van der Waals surface area contributed by atoms with Crippen LogP contribution in [0.5, 0.6) is 0 Å². The number of carbonyl (C=O) groups is 3. The molecule has 1 aromatic carbocycles. The van der Waals surface area contributed by atoms with Gasteiger partial charge < -0.3 is 10.1 Å². The quantitative estimate of drug-likeness (QED) is 0.562. The second kappa shape index (κ2) is 10.2. The van der Waals surface area contributed by atoms with E-state index in [-0.39, 0.29) is 10.6 Å². The lowest BCUT2D eigenvalue weighted by atomic mass is 9.97. The van der Waals surface area contributed by atoms with Gasteiger partial charge in [-0.25, -0.2) is 9.59 Å². The summed E-state index contributed by atoms with van der Waals surface area (Å²) >= 11 is 11.6. The third-order valence-corrected chi connectivity index (χ3v) is 4.40. The summed E-state index contributed by atoms with van der Waals surface area (Å²) in [5.74, 6) is -1.50. The Hall–Kier alpha value is -2.05. The number of amides is 3. The molecule has 2 rings (SSSR count). The van der Waals surface area contributed by atoms with Gasteiger partial charge in [0.25, 0.3) is 5.91 Å². The lowest BCUT2D eigenvalue weighted by Gasteiger charge is -2.13. The Balaban J connectivity index is 1.68. The van der Waals surface area contributed by atoms with Crippen molar-refractivity contribution in [2.24, 2.45) is 0 Å². The molecule has 26 heavy (non-hydrogen) atoms. The molecule has 0 saturated heterocycles. The number of hydrogen-bond acceptors (Lipinski definition) is 4. The summed E-state index contributed by atoms with van der Waals surface area (Å²) in [5.41, 5.74) is 1.42. The smallest absolute Gasteiger partial charge is 0.340 e. The van der Waals surface area contributed by atoms with E-state index in [0.717, 1.165) is 19.3 Å². The third-order valence-electron chi connectivity index (χ3n) is 3.86. The molecule has 0 atom stereocenters. The van der Waals surface area contributed by atoms with Gasteiger partial charge in [-0.2, -0.15) is 0 Å². The molecule has 0 unspecified atom stereocenters. The molecule has 0 aromatic heterocycles. The monoisotopic (exact) mass is 398 g/mol. The van der Waals surface area contributed by atoms with Crippen LogP contribution in [0, 0.1) is 0 Å². The van der Waals surface area contributed by atoms with Gasteiger partial charge in [0, 0.05) is 11.6 Å². The molecular formula is C18H20Cl2N2O4. The molecular weight excluding hydrogens is 379 g/mol. The number of nitrogens with one attached hydrogen (secondary N) is 2. The number of carbonyl (C=O) groups excluding carboxylic acids is 3. The summed E-state index contributed by atoms with van der Waals surface area (Å²) in [6.45, 7) is -0.137. The number of allylic oxidation sites excluding steroid dienone is 1. The van der Waals surface area contributed by atoms with Gasteiger partial charge >= 0.3 is 12.0 Å². The Morgan fingerprint density at radius 2 is 1.96 bits per heavy atom. The third kappa shape index (κ3) is 6.69. The van der Waals surface area contributed by atoms with Crippen LogP contribution >= 0.6 is 23.2 Å². The van der Waals surface area contributed by atoms with E-state index in [9.17, 15) is 14.4 Å². The van der Waals surface area contributed by atoms with Gasteiger partial charge in [0.2, 0.25) is 0 Å². The van der Waals surface area contributed by atoms with Crippen LogP contribution < -0.4 is 10.6 Å². The summed E-state index contributed by atoms with van der Waals surface area (Å²) in [5, 5.41) is 5.22. The highest BCUT2D eigenvalue weighted by Gasteiger charge is 2.15. The van der Waals surface area contributed by atoms with E-state index in [0.29, 0.717) is 11.6 Å². The Bertz CT molecular complexity index is 719. The number of halogens is 2. The summed E-state index contributed by atoms with van der Waals surface area (Å²) in [6, 6.07) is 3.67. The summed E-state index contributed by atoms with van der Waals surface area (Å²) in [7, 11) is 0.